The van der Waals surface area contributed by atoms with E-state index in [1.807, 2.05) is 49.7 Å². The summed E-state index contributed by atoms with van der Waals surface area (Å²) in [5.74, 6) is -0.745. The van der Waals surface area contributed by atoms with E-state index in [0.29, 0.717) is 12.0 Å². The van der Waals surface area contributed by atoms with Crippen LogP contribution in [0.5, 0.6) is 0 Å². The Morgan fingerprint density at radius 3 is 2.43 bits per heavy atom. The highest BCUT2D eigenvalue weighted by Crippen LogP contribution is 2.47. The van der Waals surface area contributed by atoms with Gasteiger partial charge in [0.05, 0.1) is 17.6 Å². The molecular formula is C22H23NO3S2. The van der Waals surface area contributed by atoms with Crippen LogP contribution in [-0.2, 0) is 14.3 Å². The second-order valence-corrected chi connectivity index (χ2v) is 9.46. The molecular weight excluding hydrogens is 390 g/mol. The van der Waals surface area contributed by atoms with Crippen molar-refractivity contribution >= 4 is 34.4 Å². The first kappa shape index (κ1) is 19.2. The van der Waals surface area contributed by atoms with Crippen molar-refractivity contribution in [1.29, 1.82) is 0 Å². The molecule has 2 aromatic rings. The van der Waals surface area contributed by atoms with Crippen LogP contribution < -0.4 is 5.32 Å². The Labute approximate surface area is 172 Å². The number of carbonyl (C=O) groups is 2. The molecule has 0 saturated heterocycles. The van der Waals surface area contributed by atoms with Crippen LogP contribution in [-0.4, -0.2) is 17.9 Å². The van der Waals surface area contributed by atoms with Crippen LogP contribution in [0.25, 0.3) is 0 Å². The van der Waals surface area contributed by atoms with Crippen LogP contribution in [0.1, 0.15) is 48.8 Å². The van der Waals surface area contributed by atoms with E-state index in [2.05, 4.69) is 17.5 Å². The molecule has 4 nitrogen and oxygen atoms in total. The normalized spacial score (nSPS) is 24.6. The summed E-state index contributed by atoms with van der Waals surface area (Å²) in [6.07, 6.45) is 2.43. The van der Waals surface area contributed by atoms with Crippen molar-refractivity contribution in [2.75, 3.05) is 0 Å². The van der Waals surface area contributed by atoms with Gasteiger partial charge in [0.25, 0.3) is 0 Å². The van der Waals surface area contributed by atoms with Crippen LogP contribution in [0.4, 0.5) is 0 Å². The number of fused-ring (bicyclic) bond motifs is 1. The maximum absolute atomic E-state index is 13.3. The van der Waals surface area contributed by atoms with Crippen LogP contribution in [0, 0.1) is 5.92 Å². The standard InChI is InChI=1S/C22H23NO3S2/c1-12(2)26-22(25)19-13(3)23-15-10-14(17-6-4-8-27-17)11-16(24)20(15)21(19)18-7-5-9-28-18/h4-10,12,14,20-21,23H,11H2,1-3H3. The Hall–Kier alpha value is -2.18. The summed E-state index contributed by atoms with van der Waals surface area (Å²) in [4.78, 5) is 28.4. The molecule has 0 spiro atoms. The molecule has 1 N–H and O–H groups in total. The number of ketones is 1. The first-order valence-electron chi connectivity index (χ1n) is 9.45. The molecule has 1 aliphatic carbocycles. The quantitative estimate of drug-likeness (QED) is 0.719. The van der Waals surface area contributed by atoms with Gasteiger partial charge in [0, 0.05) is 39.4 Å². The number of thiophene rings is 2. The van der Waals surface area contributed by atoms with Gasteiger partial charge < -0.3 is 10.1 Å². The molecule has 1 aliphatic heterocycles. The summed E-state index contributed by atoms with van der Waals surface area (Å²) >= 11 is 3.25. The summed E-state index contributed by atoms with van der Waals surface area (Å²) in [5, 5.41) is 7.39. The Morgan fingerprint density at radius 1 is 1.14 bits per heavy atom. The first-order chi connectivity index (χ1) is 13.5. The van der Waals surface area contributed by atoms with Crippen LogP contribution in [0.15, 0.2) is 58.1 Å². The summed E-state index contributed by atoms with van der Waals surface area (Å²) in [6.45, 7) is 5.58. The fourth-order valence-corrected chi connectivity index (χ4v) is 5.75. The van der Waals surface area contributed by atoms with E-state index in [1.165, 1.54) is 4.88 Å². The number of hydrogen-bond donors (Lipinski definition) is 1. The summed E-state index contributed by atoms with van der Waals surface area (Å²) in [5.41, 5.74) is 2.25. The van der Waals surface area contributed by atoms with Gasteiger partial charge in [-0.05, 0) is 43.7 Å². The van der Waals surface area contributed by atoms with Gasteiger partial charge in [0.1, 0.15) is 5.78 Å². The lowest BCUT2D eigenvalue weighted by molar-refractivity contribution is -0.143. The lowest BCUT2D eigenvalue weighted by Gasteiger charge is -2.39. The fourth-order valence-electron chi connectivity index (χ4n) is 4.08. The molecule has 0 bridgehead atoms. The van der Waals surface area contributed by atoms with Crippen LogP contribution in [0.3, 0.4) is 0 Å². The number of hydrogen-bond acceptors (Lipinski definition) is 6. The van der Waals surface area contributed by atoms with E-state index < -0.39 is 0 Å². The Morgan fingerprint density at radius 2 is 1.82 bits per heavy atom. The Kier molecular flexibility index (Phi) is 5.25. The van der Waals surface area contributed by atoms with Crippen LogP contribution >= 0.6 is 22.7 Å². The topological polar surface area (TPSA) is 55.4 Å². The molecule has 3 atom stereocenters. The molecule has 0 radical (unpaired) electrons. The van der Waals surface area contributed by atoms with Gasteiger partial charge in [-0.2, -0.15) is 0 Å². The predicted molar refractivity (Wildman–Crippen MR) is 112 cm³/mol. The smallest absolute Gasteiger partial charge is 0.336 e. The summed E-state index contributed by atoms with van der Waals surface area (Å²) in [6, 6.07) is 8.07. The molecule has 3 unspecified atom stereocenters. The van der Waals surface area contributed by atoms with Crippen molar-refractivity contribution in [2.24, 2.45) is 5.92 Å². The van der Waals surface area contributed by atoms with E-state index >= 15 is 0 Å². The maximum atomic E-state index is 13.3. The third kappa shape index (κ3) is 3.47. The average molecular weight is 414 g/mol. The molecule has 2 aromatic heterocycles. The number of esters is 1. The van der Waals surface area contributed by atoms with Gasteiger partial charge in [-0.15, -0.1) is 22.7 Å². The summed E-state index contributed by atoms with van der Waals surface area (Å²) < 4.78 is 5.52. The van der Waals surface area contributed by atoms with E-state index in [-0.39, 0.29) is 35.6 Å². The molecule has 6 heteroatoms. The first-order valence-corrected chi connectivity index (χ1v) is 11.2. The van der Waals surface area contributed by atoms with E-state index in [4.69, 9.17) is 4.74 Å². The van der Waals surface area contributed by atoms with Gasteiger partial charge in [-0.25, -0.2) is 4.79 Å². The zero-order valence-electron chi connectivity index (χ0n) is 16.1. The van der Waals surface area contributed by atoms with Gasteiger partial charge in [-0.1, -0.05) is 18.2 Å². The SMILES string of the molecule is CC1=C(C(=O)OC(C)C)C(c2cccs2)C2C(=O)CC(c3cccs3)C=C2N1. The number of carbonyl (C=O) groups excluding carboxylic acids is 2. The Bertz CT molecular complexity index is 939. The van der Waals surface area contributed by atoms with Gasteiger partial charge in [0.15, 0.2) is 0 Å². The molecule has 0 saturated carbocycles. The zero-order chi connectivity index (χ0) is 19.8. The average Bonchev–Trinajstić information content (AvgIpc) is 3.33. The van der Waals surface area contributed by atoms with Gasteiger partial charge in [-0.3, -0.25) is 4.79 Å². The molecule has 0 aromatic carbocycles. The van der Waals surface area contributed by atoms with Gasteiger partial charge >= 0.3 is 5.97 Å². The largest absolute Gasteiger partial charge is 0.460 e. The zero-order valence-corrected chi connectivity index (χ0v) is 17.7. The number of ether oxygens (including phenoxy) is 1. The minimum Gasteiger partial charge on any atom is -0.460 e. The fraction of sp³-hybridized carbons (Fsp3) is 0.364. The molecule has 3 heterocycles. The number of nitrogens with one attached hydrogen (secondary N) is 1. The number of allylic oxidation sites excluding steroid dienone is 3. The summed E-state index contributed by atoms with van der Waals surface area (Å²) in [7, 11) is 0. The third-order valence-corrected chi connectivity index (χ3v) is 7.14. The molecule has 0 amide bonds. The molecule has 0 fully saturated rings. The highest BCUT2D eigenvalue weighted by atomic mass is 32.1. The lowest BCUT2D eigenvalue weighted by atomic mass is 9.71. The van der Waals surface area contributed by atoms with Gasteiger partial charge in [0.2, 0.25) is 0 Å². The highest BCUT2D eigenvalue weighted by Gasteiger charge is 2.45. The predicted octanol–water partition coefficient (Wildman–Crippen LogP) is 4.98. The van der Waals surface area contributed by atoms with E-state index in [1.54, 1.807) is 22.7 Å². The van der Waals surface area contributed by atoms with E-state index in [0.717, 1.165) is 16.3 Å². The monoisotopic (exact) mass is 413 g/mol. The minimum absolute atomic E-state index is 0.0900. The maximum Gasteiger partial charge on any atom is 0.336 e. The Balaban J connectivity index is 1.80. The van der Waals surface area contributed by atoms with Crippen molar-refractivity contribution in [3.05, 3.63) is 67.8 Å². The second kappa shape index (κ2) is 7.68. The van der Waals surface area contributed by atoms with Crippen molar-refractivity contribution in [1.82, 2.24) is 5.32 Å². The molecule has 28 heavy (non-hydrogen) atoms. The minimum atomic E-state index is -0.367. The molecule has 2 aliphatic rings. The van der Waals surface area contributed by atoms with Crippen molar-refractivity contribution in [3.8, 4) is 0 Å². The van der Waals surface area contributed by atoms with Crippen molar-refractivity contribution in [2.45, 2.75) is 45.1 Å². The second-order valence-electron chi connectivity index (χ2n) is 7.50. The number of Topliss-reactive ketones (excluding diaryl/α,β-unsaturated/α-hetero) is 1. The van der Waals surface area contributed by atoms with E-state index in [9.17, 15) is 9.59 Å². The lowest BCUT2D eigenvalue weighted by Crippen LogP contribution is -2.41. The third-order valence-electron chi connectivity index (χ3n) is 5.18. The van der Waals surface area contributed by atoms with Crippen molar-refractivity contribution < 1.29 is 14.3 Å². The molecule has 146 valence electrons. The van der Waals surface area contributed by atoms with Crippen LogP contribution in [0.2, 0.25) is 0 Å². The van der Waals surface area contributed by atoms with Crippen molar-refractivity contribution in [3.63, 3.8) is 0 Å². The molecule has 4 rings (SSSR count). The highest BCUT2D eigenvalue weighted by molar-refractivity contribution is 7.10. The number of rotatable bonds is 4.